The van der Waals surface area contributed by atoms with Crippen LogP contribution >= 0.6 is 0 Å². The Morgan fingerprint density at radius 3 is 2.70 bits per heavy atom. The fourth-order valence-electron chi connectivity index (χ4n) is 3.81. The minimum Gasteiger partial charge on any atom is -0.495 e. The Morgan fingerprint density at radius 2 is 1.94 bits per heavy atom. The van der Waals surface area contributed by atoms with Gasteiger partial charge in [0.15, 0.2) is 5.82 Å². The van der Waals surface area contributed by atoms with Crippen molar-refractivity contribution in [2.24, 2.45) is 0 Å². The minimum absolute atomic E-state index is 0.288. The van der Waals surface area contributed by atoms with Gasteiger partial charge < -0.3 is 15.4 Å². The fraction of sp³-hybridized carbons (Fsp3) is 0.125. The number of carbonyl (C=O) groups excluding carboxylic acids is 1. The van der Waals surface area contributed by atoms with Gasteiger partial charge in [0.1, 0.15) is 11.8 Å². The fourth-order valence-corrected chi connectivity index (χ4v) is 3.81. The number of fused-ring (bicyclic) bond motifs is 1. The second-order valence-corrected chi connectivity index (χ2v) is 7.42. The van der Waals surface area contributed by atoms with Crippen molar-refractivity contribution in [3.63, 3.8) is 0 Å². The molecule has 0 saturated heterocycles. The first-order valence-electron chi connectivity index (χ1n) is 10.4. The molecule has 4 aromatic rings. The van der Waals surface area contributed by atoms with E-state index in [0.717, 1.165) is 5.56 Å². The number of pyridine rings is 2. The van der Waals surface area contributed by atoms with Gasteiger partial charge in [-0.05, 0) is 43.3 Å². The molecule has 0 spiro atoms. The molecular formula is C24H21N7O2. The number of para-hydroxylation sites is 2. The maximum Gasteiger partial charge on any atom is 0.256 e. The third kappa shape index (κ3) is 3.80. The summed E-state index contributed by atoms with van der Waals surface area (Å²) in [7, 11) is 1.57. The van der Waals surface area contributed by atoms with Gasteiger partial charge >= 0.3 is 0 Å². The van der Waals surface area contributed by atoms with Crippen molar-refractivity contribution in [2.45, 2.75) is 13.0 Å². The number of rotatable bonds is 5. The highest BCUT2D eigenvalue weighted by Gasteiger charge is 2.35. The standard InChI is InChI=1S/C24H21N7O2/c1-15-20(23(32)28-17-9-3-4-11-19(17)33-2)21(18-10-5-6-13-26-18)31-24(27-15)29-22(30-31)16-8-7-12-25-14-16/h3-14,21H,1-2H3,(H,28,32)(H,27,29,30)/t21-/m0/s1. The van der Waals surface area contributed by atoms with Crippen LogP contribution in [0.2, 0.25) is 0 Å². The highest BCUT2D eigenvalue weighted by atomic mass is 16.5. The Hall–Kier alpha value is -4.53. The van der Waals surface area contributed by atoms with E-state index in [2.05, 4.69) is 25.6 Å². The van der Waals surface area contributed by atoms with Crippen molar-refractivity contribution in [1.29, 1.82) is 0 Å². The molecule has 9 heteroatoms. The predicted molar refractivity (Wildman–Crippen MR) is 124 cm³/mol. The second kappa shape index (κ2) is 8.54. The zero-order valence-corrected chi connectivity index (χ0v) is 18.1. The van der Waals surface area contributed by atoms with Crippen molar-refractivity contribution in [1.82, 2.24) is 24.7 Å². The monoisotopic (exact) mass is 439 g/mol. The Morgan fingerprint density at radius 1 is 1.09 bits per heavy atom. The number of nitrogens with zero attached hydrogens (tertiary/aromatic N) is 5. The number of allylic oxidation sites excluding steroid dienone is 1. The van der Waals surface area contributed by atoms with Gasteiger partial charge in [-0.1, -0.05) is 18.2 Å². The van der Waals surface area contributed by atoms with Gasteiger partial charge in [0.2, 0.25) is 5.95 Å². The Bertz CT molecular complexity index is 1330. The summed E-state index contributed by atoms with van der Waals surface area (Å²) in [4.78, 5) is 26.9. The number of methoxy groups -OCH3 is 1. The quantitative estimate of drug-likeness (QED) is 0.489. The maximum absolute atomic E-state index is 13.6. The first-order chi connectivity index (χ1) is 16.2. The van der Waals surface area contributed by atoms with E-state index in [0.29, 0.717) is 40.2 Å². The molecule has 164 valence electrons. The summed E-state index contributed by atoms with van der Waals surface area (Å²) in [5.41, 5.74) is 3.17. The average Bonchev–Trinajstić information content (AvgIpc) is 3.28. The summed E-state index contributed by atoms with van der Waals surface area (Å²) in [6.45, 7) is 1.84. The van der Waals surface area contributed by atoms with Gasteiger partial charge in [-0.25, -0.2) is 4.68 Å². The lowest BCUT2D eigenvalue weighted by molar-refractivity contribution is -0.113. The smallest absolute Gasteiger partial charge is 0.256 e. The van der Waals surface area contributed by atoms with E-state index in [4.69, 9.17) is 9.84 Å². The molecule has 0 aliphatic carbocycles. The number of nitrogens with one attached hydrogen (secondary N) is 2. The summed E-state index contributed by atoms with van der Waals surface area (Å²) in [5.74, 6) is 1.31. The van der Waals surface area contributed by atoms with Crippen LogP contribution in [0.1, 0.15) is 18.7 Å². The summed E-state index contributed by atoms with van der Waals surface area (Å²) in [6, 6.07) is 16.0. The molecule has 0 fully saturated rings. The first-order valence-corrected chi connectivity index (χ1v) is 10.4. The minimum atomic E-state index is -0.574. The molecule has 4 heterocycles. The SMILES string of the molecule is COc1ccccc1NC(=O)C1=C(C)Nc2nc(-c3cccnc3)nn2[C@H]1c1ccccn1. The number of carbonyl (C=O) groups is 1. The maximum atomic E-state index is 13.6. The third-order valence-electron chi connectivity index (χ3n) is 5.34. The molecule has 0 saturated carbocycles. The summed E-state index contributed by atoms with van der Waals surface area (Å²) < 4.78 is 7.08. The number of ether oxygens (including phenoxy) is 1. The number of aromatic nitrogens is 5. The Labute approximate surface area is 190 Å². The van der Waals surface area contributed by atoms with Gasteiger partial charge in [-0.15, -0.1) is 5.10 Å². The van der Waals surface area contributed by atoms with E-state index in [1.165, 1.54) is 0 Å². The van der Waals surface area contributed by atoms with Crippen LogP contribution in [0.3, 0.4) is 0 Å². The van der Waals surface area contributed by atoms with Crippen LogP contribution in [0, 0.1) is 0 Å². The molecule has 1 aliphatic heterocycles. The van der Waals surface area contributed by atoms with Crippen molar-refractivity contribution >= 4 is 17.5 Å². The van der Waals surface area contributed by atoms with Gasteiger partial charge in [-0.2, -0.15) is 4.98 Å². The topological polar surface area (TPSA) is 107 Å². The number of benzene rings is 1. The average molecular weight is 439 g/mol. The Balaban J connectivity index is 1.59. The van der Waals surface area contributed by atoms with E-state index in [-0.39, 0.29) is 5.91 Å². The van der Waals surface area contributed by atoms with Gasteiger partial charge in [-0.3, -0.25) is 14.8 Å². The van der Waals surface area contributed by atoms with Crippen molar-refractivity contribution in [3.8, 4) is 17.1 Å². The molecule has 1 atom stereocenters. The lowest BCUT2D eigenvalue weighted by atomic mass is 9.98. The summed E-state index contributed by atoms with van der Waals surface area (Å²) in [5, 5.41) is 10.9. The van der Waals surface area contributed by atoms with Crippen LogP contribution in [-0.2, 0) is 4.79 Å². The molecule has 1 aliphatic rings. The van der Waals surface area contributed by atoms with E-state index in [1.54, 1.807) is 42.5 Å². The lowest BCUT2D eigenvalue weighted by Crippen LogP contribution is -2.32. The first kappa shape index (κ1) is 20.4. The molecule has 9 nitrogen and oxygen atoms in total. The summed E-state index contributed by atoms with van der Waals surface area (Å²) in [6.07, 6.45) is 5.09. The highest BCUT2D eigenvalue weighted by Crippen LogP contribution is 2.36. The number of hydrogen-bond donors (Lipinski definition) is 2. The van der Waals surface area contributed by atoms with Crippen molar-refractivity contribution in [2.75, 3.05) is 17.7 Å². The van der Waals surface area contributed by atoms with E-state index in [9.17, 15) is 4.79 Å². The Kier molecular flexibility index (Phi) is 5.27. The molecular weight excluding hydrogens is 418 g/mol. The van der Waals surface area contributed by atoms with Gasteiger partial charge in [0.25, 0.3) is 5.91 Å². The normalized spacial score (nSPS) is 14.9. The molecule has 0 unspecified atom stereocenters. The van der Waals surface area contributed by atoms with Gasteiger partial charge in [0.05, 0.1) is 24.1 Å². The van der Waals surface area contributed by atoms with Crippen LogP contribution in [0.4, 0.5) is 11.6 Å². The van der Waals surface area contributed by atoms with E-state index < -0.39 is 6.04 Å². The summed E-state index contributed by atoms with van der Waals surface area (Å²) >= 11 is 0. The molecule has 3 aromatic heterocycles. The highest BCUT2D eigenvalue weighted by molar-refractivity contribution is 6.06. The van der Waals surface area contributed by atoms with Crippen molar-refractivity contribution < 1.29 is 9.53 Å². The molecule has 0 radical (unpaired) electrons. The number of hydrogen-bond acceptors (Lipinski definition) is 7. The predicted octanol–water partition coefficient (Wildman–Crippen LogP) is 3.67. The van der Waals surface area contributed by atoms with Crippen LogP contribution < -0.4 is 15.4 Å². The number of anilines is 2. The molecule has 1 amide bonds. The van der Waals surface area contributed by atoms with E-state index in [1.807, 2.05) is 49.4 Å². The third-order valence-corrected chi connectivity index (χ3v) is 5.34. The second-order valence-electron chi connectivity index (χ2n) is 7.42. The van der Waals surface area contributed by atoms with E-state index >= 15 is 0 Å². The largest absolute Gasteiger partial charge is 0.495 e. The lowest BCUT2D eigenvalue weighted by Gasteiger charge is -2.28. The number of amides is 1. The van der Waals surface area contributed by atoms with Crippen LogP contribution in [0.15, 0.2) is 84.5 Å². The molecule has 1 aromatic carbocycles. The van der Waals surface area contributed by atoms with Crippen LogP contribution in [-0.4, -0.2) is 37.7 Å². The van der Waals surface area contributed by atoms with Crippen molar-refractivity contribution in [3.05, 3.63) is 90.2 Å². The zero-order chi connectivity index (χ0) is 22.8. The van der Waals surface area contributed by atoms with Crippen LogP contribution in [0.5, 0.6) is 5.75 Å². The van der Waals surface area contributed by atoms with Crippen LogP contribution in [0.25, 0.3) is 11.4 Å². The molecule has 0 bridgehead atoms. The molecule has 2 N–H and O–H groups in total. The van der Waals surface area contributed by atoms with Gasteiger partial charge in [0, 0.05) is 29.9 Å². The molecule has 5 rings (SSSR count). The zero-order valence-electron chi connectivity index (χ0n) is 18.1. The molecule has 33 heavy (non-hydrogen) atoms.